The van der Waals surface area contributed by atoms with Gasteiger partial charge in [0, 0.05) is 39.1 Å². The highest BCUT2D eigenvalue weighted by molar-refractivity contribution is 5.80. The highest BCUT2D eigenvalue weighted by Crippen LogP contribution is 2.13. The molecule has 31 heavy (non-hydrogen) atoms. The molecule has 1 fully saturated rings. The van der Waals surface area contributed by atoms with Gasteiger partial charge in [-0.25, -0.2) is 4.98 Å². The molecule has 162 valence electrons. The fourth-order valence-electron chi connectivity index (χ4n) is 3.89. The molecule has 0 spiro atoms. The number of nitrogens with one attached hydrogen (secondary N) is 1. The van der Waals surface area contributed by atoms with Crippen molar-refractivity contribution < 1.29 is 9.53 Å². The first kappa shape index (κ1) is 21.2. The lowest BCUT2D eigenvalue weighted by Gasteiger charge is -2.27. The molecule has 1 amide bonds. The van der Waals surface area contributed by atoms with E-state index in [2.05, 4.69) is 27.3 Å². The van der Waals surface area contributed by atoms with Crippen LogP contribution in [0.3, 0.4) is 0 Å². The fourth-order valence-corrected chi connectivity index (χ4v) is 3.89. The normalized spacial score (nSPS) is 14.6. The number of nitrogens with zero attached hydrogens (tertiary/aromatic N) is 3. The topological polar surface area (TPSA) is 76.5 Å². The molecule has 1 saturated heterocycles. The van der Waals surface area contributed by atoms with Crippen LogP contribution in [0.25, 0.3) is 10.9 Å². The van der Waals surface area contributed by atoms with Crippen LogP contribution < -0.4 is 10.9 Å². The van der Waals surface area contributed by atoms with E-state index in [0.717, 1.165) is 44.0 Å². The molecule has 0 saturated carbocycles. The number of amides is 1. The van der Waals surface area contributed by atoms with Gasteiger partial charge in [0.25, 0.3) is 5.56 Å². The van der Waals surface area contributed by atoms with Gasteiger partial charge in [0.1, 0.15) is 0 Å². The highest BCUT2D eigenvalue weighted by Gasteiger charge is 2.13. The molecule has 0 unspecified atom stereocenters. The zero-order valence-electron chi connectivity index (χ0n) is 17.8. The molecule has 0 atom stereocenters. The van der Waals surface area contributed by atoms with Crippen molar-refractivity contribution in [1.82, 2.24) is 19.8 Å². The average Bonchev–Trinajstić information content (AvgIpc) is 2.79. The number of hydrogen-bond donors (Lipinski definition) is 1. The van der Waals surface area contributed by atoms with Crippen molar-refractivity contribution in [3.63, 3.8) is 0 Å². The van der Waals surface area contributed by atoms with Crippen LogP contribution in [0.1, 0.15) is 23.1 Å². The Hall–Kier alpha value is -3.03. The molecule has 7 nitrogen and oxygen atoms in total. The lowest BCUT2D eigenvalue weighted by molar-refractivity contribution is -0.121. The first-order valence-electron chi connectivity index (χ1n) is 10.7. The van der Waals surface area contributed by atoms with Gasteiger partial charge >= 0.3 is 0 Å². The standard InChI is InChI=1S/C24H28N4O3/c1-18-5-4-8-21-23(18)26-17-28(24(21)30)10-9-22(29)25-15-19-6-2-3-7-20(19)16-27-11-13-31-14-12-27/h2-8,17H,9-16H2,1H3,(H,25,29). The van der Waals surface area contributed by atoms with Gasteiger partial charge in [0.2, 0.25) is 5.91 Å². The smallest absolute Gasteiger partial charge is 0.261 e. The third-order valence-electron chi connectivity index (χ3n) is 5.73. The summed E-state index contributed by atoms with van der Waals surface area (Å²) in [5, 5.41) is 3.58. The molecule has 1 N–H and O–H groups in total. The molecule has 3 aromatic rings. The minimum absolute atomic E-state index is 0.0857. The van der Waals surface area contributed by atoms with E-state index in [-0.39, 0.29) is 17.9 Å². The Morgan fingerprint density at radius 3 is 2.68 bits per heavy atom. The zero-order chi connectivity index (χ0) is 21.6. The molecule has 7 heteroatoms. The second-order valence-corrected chi connectivity index (χ2v) is 7.90. The summed E-state index contributed by atoms with van der Waals surface area (Å²) in [6, 6.07) is 13.7. The lowest BCUT2D eigenvalue weighted by Crippen LogP contribution is -2.36. The van der Waals surface area contributed by atoms with Crippen LogP contribution >= 0.6 is 0 Å². The van der Waals surface area contributed by atoms with Crippen LogP contribution in [0, 0.1) is 6.92 Å². The van der Waals surface area contributed by atoms with Crippen molar-refractivity contribution in [2.75, 3.05) is 26.3 Å². The van der Waals surface area contributed by atoms with Crippen LogP contribution in [-0.2, 0) is 29.2 Å². The van der Waals surface area contributed by atoms with Gasteiger partial charge in [-0.1, -0.05) is 36.4 Å². The number of hydrogen-bond acceptors (Lipinski definition) is 5. The Labute approximate surface area is 181 Å². The van der Waals surface area contributed by atoms with Gasteiger partial charge in [-0.15, -0.1) is 0 Å². The number of aryl methyl sites for hydroxylation is 2. The van der Waals surface area contributed by atoms with Crippen molar-refractivity contribution >= 4 is 16.8 Å². The third kappa shape index (κ3) is 5.18. The average molecular weight is 421 g/mol. The van der Waals surface area contributed by atoms with Crippen molar-refractivity contribution in [3.05, 3.63) is 75.8 Å². The highest BCUT2D eigenvalue weighted by atomic mass is 16.5. The van der Waals surface area contributed by atoms with E-state index in [1.807, 2.05) is 31.2 Å². The molecule has 0 bridgehead atoms. The minimum Gasteiger partial charge on any atom is -0.379 e. The number of carbonyl (C=O) groups excluding carboxylic acids is 1. The second kappa shape index (κ2) is 9.85. The van der Waals surface area contributed by atoms with Gasteiger partial charge in [-0.2, -0.15) is 0 Å². The largest absolute Gasteiger partial charge is 0.379 e. The monoisotopic (exact) mass is 420 g/mol. The quantitative estimate of drug-likeness (QED) is 0.634. The number of fused-ring (bicyclic) bond motifs is 1. The molecule has 1 aliphatic rings. The Kier molecular flexibility index (Phi) is 6.74. The van der Waals surface area contributed by atoms with Gasteiger partial charge < -0.3 is 10.1 Å². The van der Waals surface area contributed by atoms with E-state index in [9.17, 15) is 9.59 Å². The summed E-state index contributed by atoms with van der Waals surface area (Å²) in [4.78, 5) is 31.9. The van der Waals surface area contributed by atoms with Crippen LogP contribution in [0.4, 0.5) is 0 Å². The van der Waals surface area contributed by atoms with Gasteiger partial charge in [0.15, 0.2) is 0 Å². The van der Waals surface area contributed by atoms with Crippen molar-refractivity contribution in [3.8, 4) is 0 Å². The Bertz CT molecular complexity index is 1120. The van der Waals surface area contributed by atoms with E-state index in [0.29, 0.717) is 24.0 Å². The maximum atomic E-state index is 12.7. The van der Waals surface area contributed by atoms with Crippen molar-refractivity contribution in [2.24, 2.45) is 0 Å². The summed E-state index contributed by atoms with van der Waals surface area (Å²) < 4.78 is 6.93. The summed E-state index contributed by atoms with van der Waals surface area (Å²) in [5.74, 6) is -0.0857. The number of aromatic nitrogens is 2. The van der Waals surface area contributed by atoms with Crippen LogP contribution in [0.5, 0.6) is 0 Å². The van der Waals surface area contributed by atoms with Gasteiger partial charge in [0.05, 0.1) is 30.4 Å². The molecule has 0 radical (unpaired) electrons. The number of rotatable bonds is 7. The first-order valence-corrected chi connectivity index (χ1v) is 10.7. The minimum atomic E-state index is -0.114. The number of carbonyl (C=O) groups is 1. The van der Waals surface area contributed by atoms with E-state index in [1.54, 1.807) is 6.07 Å². The Balaban J connectivity index is 1.35. The van der Waals surface area contributed by atoms with E-state index < -0.39 is 0 Å². The molecule has 0 aliphatic carbocycles. The SMILES string of the molecule is Cc1cccc2c(=O)n(CCC(=O)NCc3ccccc3CN3CCOCC3)cnc12. The molecule has 1 aliphatic heterocycles. The number of morpholine rings is 1. The second-order valence-electron chi connectivity index (χ2n) is 7.90. The maximum Gasteiger partial charge on any atom is 0.261 e. The van der Waals surface area contributed by atoms with E-state index >= 15 is 0 Å². The van der Waals surface area contributed by atoms with Gasteiger partial charge in [-0.05, 0) is 29.7 Å². The van der Waals surface area contributed by atoms with E-state index in [4.69, 9.17) is 4.74 Å². The molecule has 1 aromatic heterocycles. The molecular formula is C24H28N4O3. The summed E-state index contributed by atoms with van der Waals surface area (Å²) in [6.45, 7) is 6.95. The number of ether oxygens (including phenoxy) is 1. The third-order valence-corrected chi connectivity index (χ3v) is 5.73. The van der Waals surface area contributed by atoms with Crippen molar-refractivity contribution in [1.29, 1.82) is 0 Å². The fraction of sp³-hybridized carbons (Fsp3) is 0.375. The van der Waals surface area contributed by atoms with Gasteiger partial charge in [-0.3, -0.25) is 19.1 Å². The van der Waals surface area contributed by atoms with E-state index in [1.165, 1.54) is 16.5 Å². The van der Waals surface area contributed by atoms with Crippen LogP contribution in [0.15, 0.2) is 53.6 Å². The Morgan fingerprint density at radius 2 is 1.87 bits per heavy atom. The Morgan fingerprint density at radius 1 is 1.10 bits per heavy atom. The summed E-state index contributed by atoms with van der Waals surface area (Å²) in [6.07, 6.45) is 1.76. The summed E-state index contributed by atoms with van der Waals surface area (Å²) >= 11 is 0. The zero-order valence-corrected chi connectivity index (χ0v) is 17.8. The first-order chi connectivity index (χ1) is 15.1. The van der Waals surface area contributed by atoms with Crippen LogP contribution in [-0.4, -0.2) is 46.7 Å². The summed E-state index contributed by atoms with van der Waals surface area (Å²) in [5.41, 5.74) is 3.90. The molecular weight excluding hydrogens is 392 g/mol. The number of benzene rings is 2. The van der Waals surface area contributed by atoms with Crippen LogP contribution in [0.2, 0.25) is 0 Å². The molecule has 2 aromatic carbocycles. The predicted molar refractivity (Wildman–Crippen MR) is 120 cm³/mol. The lowest BCUT2D eigenvalue weighted by atomic mass is 10.1. The number of para-hydroxylation sites is 1. The predicted octanol–water partition coefficient (Wildman–Crippen LogP) is 2.24. The molecule has 4 rings (SSSR count). The summed E-state index contributed by atoms with van der Waals surface area (Å²) in [7, 11) is 0. The maximum absolute atomic E-state index is 12.7. The van der Waals surface area contributed by atoms with Crippen molar-refractivity contribution in [2.45, 2.75) is 33.0 Å². The molecule has 2 heterocycles.